The summed E-state index contributed by atoms with van der Waals surface area (Å²) in [7, 11) is 1.61. The van der Waals surface area contributed by atoms with Crippen LogP contribution in [0.2, 0.25) is 0 Å². The molecule has 2 aliphatic rings. The summed E-state index contributed by atoms with van der Waals surface area (Å²) in [6.45, 7) is 8.96. The highest BCUT2D eigenvalue weighted by molar-refractivity contribution is 6.07. The van der Waals surface area contributed by atoms with E-state index in [9.17, 15) is 9.59 Å². The van der Waals surface area contributed by atoms with Crippen molar-refractivity contribution in [2.75, 3.05) is 20.2 Å². The molecule has 0 saturated carbocycles. The van der Waals surface area contributed by atoms with Gasteiger partial charge >= 0.3 is 0 Å². The number of nitrogens with one attached hydrogen (secondary N) is 2. The molecular formula is C25H35N3O4. The van der Waals surface area contributed by atoms with Gasteiger partial charge in [-0.1, -0.05) is 0 Å². The van der Waals surface area contributed by atoms with Gasteiger partial charge in [-0.2, -0.15) is 0 Å². The average Bonchev–Trinajstić information content (AvgIpc) is 3.14. The fourth-order valence-corrected chi connectivity index (χ4v) is 5.37. The summed E-state index contributed by atoms with van der Waals surface area (Å²) in [5.41, 5.74) is 1.06. The zero-order valence-electron chi connectivity index (χ0n) is 19.8. The predicted molar refractivity (Wildman–Crippen MR) is 124 cm³/mol. The van der Waals surface area contributed by atoms with Crippen LogP contribution in [0.25, 0.3) is 11.0 Å². The first-order chi connectivity index (χ1) is 15.1. The second kappa shape index (κ2) is 8.77. The van der Waals surface area contributed by atoms with Gasteiger partial charge in [0.25, 0.3) is 5.91 Å². The predicted octanol–water partition coefficient (Wildman–Crippen LogP) is 3.64. The number of carbonyl (C=O) groups excluding carboxylic acids is 2. The van der Waals surface area contributed by atoms with E-state index >= 15 is 0 Å². The van der Waals surface area contributed by atoms with Crippen LogP contribution < -0.4 is 15.4 Å². The zero-order chi connectivity index (χ0) is 23.0. The number of piperidine rings is 1. The Labute approximate surface area is 189 Å². The maximum atomic E-state index is 13.0. The Kier molecular flexibility index (Phi) is 6.21. The van der Waals surface area contributed by atoms with E-state index in [4.69, 9.17) is 9.15 Å². The molecule has 2 N–H and O–H groups in total. The number of nitrogens with zero attached hydrogens (tertiary/aromatic N) is 1. The number of hydrogen-bond donors (Lipinski definition) is 2. The van der Waals surface area contributed by atoms with Crippen LogP contribution in [-0.2, 0) is 4.79 Å². The lowest BCUT2D eigenvalue weighted by atomic mass is 9.90. The number of amides is 2. The van der Waals surface area contributed by atoms with Crippen LogP contribution in [0.15, 0.2) is 22.6 Å². The standard InChI is InChI=1S/C25H35N3O4/c1-15-23(20-12-19(31-5)8-9-21(20)32-15)24(30)26-13-16-10-17-6-7-18(11-16)28(17)14-22(29)27-25(2,3)4/h8-9,12,16-18H,6-7,10-11,13-14H2,1-5H3,(H,26,30)(H,27,29)/t16-,17-,18+. The lowest BCUT2D eigenvalue weighted by Crippen LogP contribution is -2.52. The van der Waals surface area contributed by atoms with Crippen molar-refractivity contribution in [1.29, 1.82) is 0 Å². The van der Waals surface area contributed by atoms with Gasteiger partial charge in [-0.05, 0) is 77.5 Å². The van der Waals surface area contributed by atoms with Gasteiger partial charge in [-0.25, -0.2) is 0 Å². The number of benzene rings is 1. The molecule has 2 bridgehead atoms. The molecule has 0 radical (unpaired) electrons. The van der Waals surface area contributed by atoms with Crippen molar-refractivity contribution >= 4 is 22.8 Å². The minimum atomic E-state index is -0.210. The first-order valence-electron chi connectivity index (χ1n) is 11.6. The van der Waals surface area contributed by atoms with E-state index in [1.807, 2.05) is 45.9 Å². The van der Waals surface area contributed by atoms with Gasteiger partial charge in [-0.15, -0.1) is 0 Å². The number of methoxy groups -OCH3 is 1. The van der Waals surface area contributed by atoms with Crippen molar-refractivity contribution in [2.24, 2.45) is 5.92 Å². The minimum absolute atomic E-state index is 0.0962. The van der Waals surface area contributed by atoms with Crippen molar-refractivity contribution in [3.05, 3.63) is 29.5 Å². The number of ether oxygens (including phenoxy) is 1. The molecule has 4 rings (SSSR count). The van der Waals surface area contributed by atoms with Crippen LogP contribution >= 0.6 is 0 Å². The molecule has 1 aromatic carbocycles. The van der Waals surface area contributed by atoms with Gasteiger partial charge in [-0.3, -0.25) is 14.5 Å². The Balaban J connectivity index is 1.36. The Morgan fingerprint density at radius 2 is 1.88 bits per heavy atom. The first kappa shape index (κ1) is 22.6. The fourth-order valence-electron chi connectivity index (χ4n) is 5.37. The molecule has 2 saturated heterocycles. The van der Waals surface area contributed by atoms with E-state index in [-0.39, 0.29) is 17.4 Å². The Morgan fingerprint density at radius 3 is 2.50 bits per heavy atom. The van der Waals surface area contributed by atoms with Gasteiger partial charge in [0.15, 0.2) is 0 Å². The third-order valence-corrected chi connectivity index (χ3v) is 6.67. The molecule has 174 valence electrons. The van der Waals surface area contributed by atoms with E-state index in [0.717, 1.165) is 31.1 Å². The summed E-state index contributed by atoms with van der Waals surface area (Å²) in [5.74, 6) is 1.73. The van der Waals surface area contributed by atoms with Crippen molar-refractivity contribution < 1.29 is 18.7 Å². The summed E-state index contributed by atoms with van der Waals surface area (Å²) in [6, 6.07) is 6.35. The fraction of sp³-hybridized carbons (Fsp3) is 0.600. The van der Waals surface area contributed by atoms with Crippen LogP contribution in [0.3, 0.4) is 0 Å². The molecule has 0 spiro atoms. The van der Waals surface area contributed by atoms with Gasteiger partial charge < -0.3 is 19.8 Å². The molecule has 7 nitrogen and oxygen atoms in total. The molecule has 3 heterocycles. The van der Waals surface area contributed by atoms with Crippen molar-refractivity contribution in [3.63, 3.8) is 0 Å². The van der Waals surface area contributed by atoms with Gasteiger partial charge in [0.2, 0.25) is 5.91 Å². The lowest BCUT2D eigenvalue weighted by Gasteiger charge is -2.39. The van der Waals surface area contributed by atoms with Crippen LogP contribution in [0.1, 0.15) is 62.6 Å². The maximum absolute atomic E-state index is 13.0. The Morgan fingerprint density at radius 1 is 1.19 bits per heavy atom. The van der Waals surface area contributed by atoms with Crippen LogP contribution in [-0.4, -0.2) is 54.5 Å². The van der Waals surface area contributed by atoms with Crippen LogP contribution in [0.4, 0.5) is 0 Å². The molecule has 2 amide bonds. The topological polar surface area (TPSA) is 83.8 Å². The second-order valence-electron chi connectivity index (χ2n) is 10.3. The Bertz CT molecular complexity index is 993. The molecule has 0 unspecified atom stereocenters. The largest absolute Gasteiger partial charge is 0.497 e. The van der Waals surface area contributed by atoms with Crippen molar-refractivity contribution in [2.45, 2.75) is 71.0 Å². The summed E-state index contributed by atoms with van der Waals surface area (Å²) < 4.78 is 11.1. The van der Waals surface area contributed by atoms with Gasteiger partial charge in [0, 0.05) is 29.6 Å². The molecule has 32 heavy (non-hydrogen) atoms. The monoisotopic (exact) mass is 441 g/mol. The maximum Gasteiger partial charge on any atom is 0.255 e. The number of carbonyl (C=O) groups is 2. The molecule has 3 atom stereocenters. The number of furan rings is 1. The normalized spacial score (nSPS) is 23.3. The molecule has 1 aromatic heterocycles. The van der Waals surface area contributed by atoms with Gasteiger partial charge in [0.1, 0.15) is 17.1 Å². The smallest absolute Gasteiger partial charge is 0.255 e. The van der Waals surface area contributed by atoms with E-state index in [1.165, 1.54) is 0 Å². The second-order valence-corrected chi connectivity index (χ2v) is 10.3. The van der Waals surface area contributed by atoms with Gasteiger partial charge in [0.05, 0.1) is 19.2 Å². The molecular weight excluding hydrogens is 406 g/mol. The molecule has 2 aliphatic heterocycles. The molecule has 2 fully saturated rings. The highest BCUT2D eigenvalue weighted by atomic mass is 16.5. The third-order valence-electron chi connectivity index (χ3n) is 6.67. The third kappa shape index (κ3) is 4.77. The summed E-state index contributed by atoms with van der Waals surface area (Å²) in [6.07, 6.45) is 4.28. The highest BCUT2D eigenvalue weighted by Gasteiger charge is 2.41. The number of hydrogen-bond acceptors (Lipinski definition) is 5. The highest BCUT2D eigenvalue weighted by Crippen LogP contribution is 2.38. The average molecular weight is 442 g/mol. The van der Waals surface area contributed by atoms with Crippen LogP contribution in [0, 0.1) is 12.8 Å². The number of rotatable bonds is 6. The van der Waals surface area contributed by atoms with E-state index < -0.39 is 0 Å². The SMILES string of the molecule is COc1ccc2oc(C)c(C(=O)NC[C@@H]3C[C@H]4CC[C@@H](C3)N4CC(=O)NC(C)(C)C)c2c1. The molecule has 0 aliphatic carbocycles. The lowest BCUT2D eigenvalue weighted by molar-refractivity contribution is -0.125. The molecule has 2 aromatic rings. The van der Waals surface area contributed by atoms with E-state index in [0.29, 0.717) is 53.7 Å². The zero-order valence-corrected chi connectivity index (χ0v) is 19.8. The van der Waals surface area contributed by atoms with E-state index in [1.54, 1.807) is 7.11 Å². The summed E-state index contributed by atoms with van der Waals surface area (Å²) >= 11 is 0. The number of fused-ring (bicyclic) bond motifs is 3. The number of aryl methyl sites for hydroxylation is 1. The molecule has 7 heteroatoms. The Hall–Kier alpha value is -2.54. The quantitative estimate of drug-likeness (QED) is 0.715. The minimum Gasteiger partial charge on any atom is -0.497 e. The van der Waals surface area contributed by atoms with Crippen molar-refractivity contribution in [3.8, 4) is 5.75 Å². The summed E-state index contributed by atoms with van der Waals surface area (Å²) in [5, 5.41) is 7.00. The van der Waals surface area contributed by atoms with E-state index in [2.05, 4.69) is 15.5 Å². The first-order valence-corrected chi connectivity index (χ1v) is 11.6. The summed E-state index contributed by atoms with van der Waals surface area (Å²) in [4.78, 5) is 27.8. The van der Waals surface area contributed by atoms with Crippen molar-refractivity contribution in [1.82, 2.24) is 15.5 Å². The van der Waals surface area contributed by atoms with Crippen LogP contribution in [0.5, 0.6) is 5.75 Å².